The van der Waals surface area contributed by atoms with E-state index in [-0.39, 0.29) is 5.41 Å². The molecule has 0 amide bonds. The number of benzene rings is 1. The Hall–Kier alpha value is -2.28. The van der Waals surface area contributed by atoms with Crippen LogP contribution in [0.25, 0.3) is 0 Å². The summed E-state index contributed by atoms with van der Waals surface area (Å²) in [4.78, 5) is 4.07. The maximum Gasteiger partial charge on any atom is 0.0819 e. The molecule has 276 valence electrons. The van der Waals surface area contributed by atoms with Gasteiger partial charge in [0, 0.05) is 23.6 Å². The molecule has 1 aromatic carbocycles. The second-order valence-corrected chi connectivity index (χ2v) is 13.9. The van der Waals surface area contributed by atoms with E-state index in [4.69, 9.17) is 4.74 Å². The van der Waals surface area contributed by atoms with E-state index in [2.05, 4.69) is 149 Å². The minimum atomic E-state index is 0.160. The first-order valence-corrected chi connectivity index (χ1v) is 19.8. The van der Waals surface area contributed by atoms with E-state index < -0.39 is 0 Å². The van der Waals surface area contributed by atoms with Crippen LogP contribution >= 0.6 is 11.8 Å². The molecule has 0 N–H and O–H groups in total. The molecule has 0 heterocycles. The normalized spacial score (nSPS) is 15.2. The quantitative estimate of drug-likeness (QED) is 0.111. The van der Waals surface area contributed by atoms with Crippen LogP contribution in [-0.2, 0) is 11.2 Å². The van der Waals surface area contributed by atoms with Gasteiger partial charge in [-0.2, -0.15) is 0 Å². The van der Waals surface area contributed by atoms with Crippen LogP contribution < -0.4 is 0 Å². The van der Waals surface area contributed by atoms with Crippen molar-refractivity contribution in [1.82, 2.24) is 0 Å². The average Bonchev–Trinajstić information content (AvgIpc) is 3.08. The Kier molecular flexibility index (Phi) is 41.1. The summed E-state index contributed by atoms with van der Waals surface area (Å²) in [5, 5.41) is 2.29. The predicted molar refractivity (Wildman–Crippen MR) is 227 cm³/mol. The number of terminal acetylenes is 1. The third kappa shape index (κ3) is 31.0. The van der Waals surface area contributed by atoms with E-state index in [1.165, 1.54) is 48.0 Å². The molecule has 3 heteroatoms. The molecule has 48 heavy (non-hydrogen) atoms. The highest BCUT2D eigenvalue weighted by Crippen LogP contribution is 2.38. The Balaban J connectivity index is -0.000000336. The minimum Gasteiger partial charge on any atom is -0.375 e. The highest BCUT2D eigenvalue weighted by atomic mass is 32.2. The van der Waals surface area contributed by atoms with Crippen LogP contribution in [0.15, 0.2) is 76.3 Å². The lowest BCUT2D eigenvalue weighted by atomic mass is 9.76. The van der Waals surface area contributed by atoms with Gasteiger partial charge in [0.05, 0.1) is 13.2 Å². The van der Waals surface area contributed by atoms with Crippen LogP contribution in [0.2, 0.25) is 0 Å². The van der Waals surface area contributed by atoms with Crippen molar-refractivity contribution in [3.8, 4) is 12.8 Å². The molecular formula is C45H79NOS. The second-order valence-electron chi connectivity index (χ2n) is 12.9. The van der Waals surface area contributed by atoms with E-state index in [9.17, 15) is 0 Å². The first-order valence-electron chi connectivity index (χ1n) is 18.7. The molecule has 0 saturated carbocycles. The standard InChI is InChI=1S/C21H33NOS.C13H20.C4H10.C3H8.C2H6.C2H2/c1-6-11-22-12-13-23-14-15-24-17-19(4)21(5)9-7-20(8-10-21)16-18(2)3;1-4-11-7-9-13(10-8-11)12(5-2)6-3;1-4(2)3;1-3-2;2*1-2/h6-9,11-12,17-18H,10,13-16H2,1-5H3;7-10,12H,4-6H2,1-3H3;4H,1-3H3;3H2,1-2H3;1-2H3;1-2H/b11-6+,19-17+,22-12?;;;;;. The van der Waals surface area contributed by atoms with Crippen molar-refractivity contribution in [3.63, 3.8) is 0 Å². The van der Waals surface area contributed by atoms with Gasteiger partial charge in [-0.05, 0) is 80.2 Å². The summed E-state index contributed by atoms with van der Waals surface area (Å²) < 4.78 is 5.53. The molecule has 1 atom stereocenters. The Bertz CT molecular complexity index is 987. The predicted octanol–water partition coefficient (Wildman–Crippen LogP) is 14.7. The molecule has 0 spiro atoms. The van der Waals surface area contributed by atoms with Gasteiger partial charge >= 0.3 is 0 Å². The van der Waals surface area contributed by atoms with Crippen LogP contribution in [0.4, 0.5) is 0 Å². The first-order chi connectivity index (χ1) is 22.9. The fourth-order valence-electron chi connectivity index (χ4n) is 4.22. The van der Waals surface area contributed by atoms with Crippen molar-refractivity contribution in [3.05, 3.63) is 82.5 Å². The second kappa shape index (κ2) is 37.5. The minimum absolute atomic E-state index is 0.160. The zero-order valence-electron chi connectivity index (χ0n) is 34.4. The number of ether oxygens (including phenoxy) is 1. The molecule has 2 nitrogen and oxygen atoms in total. The van der Waals surface area contributed by atoms with E-state index in [0.29, 0.717) is 6.61 Å². The molecule has 0 fully saturated rings. The van der Waals surface area contributed by atoms with Crippen LogP contribution in [0.1, 0.15) is 153 Å². The molecule has 1 aliphatic rings. The van der Waals surface area contributed by atoms with Gasteiger partial charge in [0.2, 0.25) is 0 Å². The summed E-state index contributed by atoms with van der Waals surface area (Å²) in [5.41, 5.74) is 6.01. The van der Waals surface area contributed by atoms with Crippen molar-refractivity contribution in [1.29, 1.82) is 0 Å². The van der Waals surface area contributed by atoms with Crippen molar-refractivity contribution < 1.29 is 4.74 Å². The monoisotopic (exact) mass is 682 g/mol. The summed E-state index contributed by atoms with van der Waals surface area (Å²) in [6.07, 6.45) is 27.8. The molecule has 0 saturated heterocycles. The Morgan fingerprint density at radius 2 is 1.52 bits per heavy atom. The van der Waals surface area contributed by atoms with E-state index in [1.54, 1.807) is 12.4 Å². The smallest absolute Gasteiger partial charge is 0.0819 e. The number of nitrogens with zero attached hydrogens (tertiary/aromatic N) is 1. The van der Waals surface area contributed by atoms with E-state index in [1.807, 2.05) is 38.6 Å². The Morgan fingerprint density at radius 1 is 0.979 bits per heavy atom. The molecule has 0 radical (unpaired) electrons. The summed E-state index contributed by atoms with van der Waals surface area (Å²) in [5.74, 6) is 3.29. The fraction of sp³-hybridized carbons (Fsp3) is 0.622. The maximum absolute atomic E-state index is 5.53. The van der Waals surface area contributed by atoms with E-state index >= 15 is 0 Å². The highest BCUT2D eigenvalue weighted by Gasteiger charge is 2.24. The number of allylic oxidation sites excluding steroid dienone is 6. The number of hydrogen-bond acceptors (Lipinski definition) is 3. The number of rotatable bonds is 14. The average molecular weight is 682 g/mol. The van der Waals surface area contributed by atoms with Crippen LogP contribution in [0.3, 0.4) is 0 Å². The molecular weight excluding hydrogens is 603 g/mol. The topological polar surface area (TPSA) is 21.6 Å². The molecule has 0 bridgehead atoms. The zero-order chi connectivity index (χ0) is 37.8. The van der Waals surface area contributed by atoms with Crippen LogP contribution in [-0.4, -0.2) is 25.2 Å². The van der Waals surface area contributed by atoms with Gasteiger partial charge in [-0.15, -0.1) is 24.6 Å². The van der Waals surface area contributed by atoms with Crippen LogP contribution in [0, 0.1) is 30.1 Å². The van der Waals surface area contributed by atoms with Gasteiger partial charge in [0.25, 0.3) is 0 Å². The van der Waals surface area contributed by atoms with Crippen molar-refractivity contribution in [2.75, 3.05) is 19.0 Å². The Morgan fingerprint density at radius 3 is 1.94 bits per heavy atom. The molecule has 0 aliphatic heterocycles. The zero-order valence-corrected chi connectivity index (χ0v) is 35.2. The lowest BCUT2D eigenvalue weighted by Crippen LogP contribution is -2.16. The van der Waals surface area contributed by atoms with Gasteiger partial charge in [0.1, 0.15) is 0 Å². The molecule has 1 aromatic rings. The van der Waals surface area contributed by atoms with Gasteiger partial charge in [-0.3, -0.25) is 4.99 Å². The summed E-state index contributed by atoms with van der Waals surface area (Å²) in [6.45, 7) is 33.9. The summed E-state index contributed by atoms with van der Waals surface area (Å²) in [7, 11) is 0. The maximum atomic E-state index is 5.53. The number of aliphatic imine (C=N–C) groups is 1. The van der Waals surface area contributed by atoms with Crippen molar-refractivity contribution in [2.24, 2.45) is 22.2 Å². The number of aryl methyl sites for hydroxylation is 1. The number of thioether (sulfide) groups is 1. The third-order valence-corrected chi connectivity index (χ3v) is 7.90. The molecule has 1 aliphatic carbocycles. The van der Waals surface area contributed by atoms with Gasteiger partial charge in [-0.25, -0.2) is 0 Å². The van der Waals surface area contributed by atoms with Crippen molar-refractivity contribution in [2.45, 2.75) is 148 Å². The van der Waals surface area contributed by atoms with Gasteiger partial charge in [-0.1, -0.05) is 156 Å². The third-order valence-electron chi connectivity index (χ3n) is 6.98. The van der Waals surface area contributed by atoms with E-state index in [0.717, 1.165) is 43.0 Å². The lowest BCUT2D eigenvalue weighted by Gasteiger charge is -2.29. The van der Waals surface area contributed by atoms with Crippen LogP contribution in [0.5, 0.6) is 0 Å². The fourth-order valence-corrected chi connectivity index (χ4v) is 5.07. The largest absolute Gasteiger partial charge is 0.375 e. The summed E-state index contributed by atoms with van der Waals surface area (Å²) in [6, 6.07) is 9.09. The lowest BCUT2D eigenvalue weighted by molar-refractivity contribution is 0.193. The number of hydrogen-bond donors (Lipinski definition) is 0. The molecule has 2 rings (SSSR count). The molecule has 0 aromatic heterocycles. The van der Waals surface area contributed by atoms with Gasteiger partial charge in [0.15, 0.2) is 0 Å². The SMILES string of the molecule is C#C.C/C=C/N=CCOCCS/C=C(\C)C1(C)C=CC(CC(C)C)=CC1.CC.CC(C)C.CCC.CCc1ccc(C(CC)CC)cc1. The van der Waals surface area contributed by atoms with Gasteiger partial charge < -0.3 is 4.74 Å². The Labute approximate surface area is 306 Å². The summed E-state index contributed by atoms with van der Waals surface area (Å²) >= 11 is 1.83. The molecule has 1 unspecified atom stereocenters. The highest BCUT2D eigenvalue weighted by molar-refractivity contribution is 8.02. The van der Waals surface area contributed by atoms with Crippen molar-refractivity contribution >= 4 is 18.0 Å². The first kappa shape index (κ1) is 52.5.